The van der Waals surface area contributed by atoms with Gasteiger partial charge in [-0.2, -0.15) is 0 Å². The number of aliphatic hydroxyl groups is 1. The number of likely N-dealkylation sites (N-methyl/N-ethyl adjacent to an activating group) is 1. The molecular formula is C44H82N2O6P+. The standard InChI is InChI=1S/C44H81N2O6P/c1-6-8-10-12-14-16-18-20-21-22-23-24-26-27-29-31-33-35-37-43(47)42(41-52-53(49,50)51-40-39-46(3,4)5)45-44(48)38-36-34-32-30-28-25-19-17-15-13-11-9-7-2/h9,11,15,17,25,27-29,35,37,42-43,47H,6-8,10,12-14,16,18-24,26,30-34,36,38-41H2,1-5H3,(H-,45,48,49,50)/p+1/b11-9-,17-15-,28-25-,29-27+,37-35+. The van der Waals surface area contributed by atoms with Gasteiger partial charge in [-0.05, 0) is 64.2 Å². The van der Waals surface area contributed by atoms with Crippen LogP contribution in [0, 0.1) is 0 Å². The van der Waals surface area contributed by atoms with Crippen molar-refractivity contribution in [2.75, 3.05) is 40.9 Å². The number of nitrogens with zero attached hydrogens (tertiary/aromatic N) is 1. The van der Waals surface area contributed by atoms with Gasteiger partial charge in [0, 0.05) is 6.42 Å². The number of rotatable bonds is 37. The molecule has 0 aromatic carbocycles. The Labute approximate surface area is 326 Å². The van der Waals surface area contributed by atoms with Gasteiger partial charge in [0.05, 0.1) is 39.9 Å². The fraction of sp³-hybridized carbons (Fsp3) is 0.750. The van der Waals surface area contributed by atoms with Gasteiger partial charge in [0.2, 0.25) is 5.91 Å². The molecular weight excluding hydrogens is 683 g/mol. The lowest BCUT2D eigenvalue weighted by Crippen LogP contribution is -2.45. The Balaban J connectivity index is 4.56. The van der Waals surface area contributed by atoms with E-state index >= 15 is 0 Å². The molecule has 0 rings (SSSR count). The van der Waals surface area contributed by atoms with E-state index in [9.17, 15) is 19.4 Å². The van der Waals surface area contributed by atoms with Gasteiger partial charge in [-0.15, -0.1) is 0 Å². The van der Waals surface area contributed by atoms with Gasteiger partial charge in [-0.1, -0.05) is 152 Å². The van der Waals surface area contributed by atoms with Crippen molar-refractivity contribution in [1.29, 1.82) is 0 Å². The highest BCUT2D eigenvalue weighted by atomic mass is 31.2. The lowest BCUT2D eigenvalue weighted by Gasteiger charge is -2.25. The second-order valence-corrected chi connectivity index (χ2v) is 16.8. The molecule has 0 fully saturated rings. The van der Waals surface area contributed by atoms with Crippen LogP contribution in [-0.2, 0) is 18.4 Å². The Morgan fingerprint density at radius 3 is 1.74 bits per heavy atom. The van der Waals surface area contributed by atoms with Gasteiger partial charge in [0.15, 0.2) is 0 Å². The molecule has 3 N–H and O–H groups in total. The van der Waals surface area contributed by atoms with Crippen LogP contribution in [0.3, 0.4) is 0 Å². The fourth-order valence-corrected chi connectivity index (χ4v) is 6.33. The quantitative estimate of drug-likeness (QED) is 0.0252. The van der Waals surface area contributed by atoms with Crippen molar-refractivity contribution in [1.82, 2.24) is 5.32 Å². The molecule has 0 bridgehead atoms. The van der Waals surface area contributed by atoms with Gasteiger partial charge < -0.3 is 19.8 Å². The van der Waals surface area contributed by atoms with E-state index in [1.165, 1.54) is 77.0 Å². The Hall–Kier alpha value is -1.80. The fourth-order valence-electron chi connectivity index (χ4n) is 5.60. The molecule has 0 aliphatic rings. The number of amides is 1. The molecule has 0 saturated heterocycles. The molecule has 0 heterocycles. The molecule has 308 valence electrons. The van der Waals surface area contributed by atoms with E-state index in [-0.39, 0.29) is 19.1 Å². The molecule has 0 saturated carbocycles. The number of hydrogen-bond donors (Lipinski definition) is 3. The third-order valence-electron chi connectivity index (χ3n) is 8.97. The molecule has 3 atom stereocenters. The first-order valence-electron chi connectivity index (χ1n) is 21.2. The first-order valence-corrected chi connectivity index (χ1v) is 22.7. The minimum absolute atomic E-state index is 0.0477. The summed E-state index contributed by atoms with van der Waals surface area (Å²) in [5, 5.41) is 13.8. The molecule has 0 aliphatic carbocycles. The highest BCUT2D eigenvalue weighted by Gasteiger charge is 2.27. The molecule has 3 unspecified atom stereocenters. The minimum atomic E-state index is -4.35. The average molecular weight is 766 g/mol. The Kier molecular flexibility index (Phi) is 34.7. The van der Waals surface area contributed by atoms with E-state index in [1.807, 2.05) is 27.2 Å². The molecule has 0 spiro atoms. The summed E-state index contributed by atoms with van der Waals surface area (Å²) in [6.45, 7) is 4.63. The lowest BCUT2D eigenvalue weighted by molar-refractivity contribution is -0.870. The zero-order valence-corrected chi connectivity index (χ0v) is 35.6. The third-order valence-corrected chi connectivity index (χ3v) is 9.96. The number of phosphoric ester groups is 1. The number of unbranched alkanes of at least 4 members (excludes halogenated alkanes) is 16. The largest absolute Gasteiger partial charge is 0.472 e. The Bertz CT molecular complexity index is 1050. The molecule has 0 aliphatic heterocycles. The van der Waals surface area contributed by atoms with Crippen molar-refractivity contribution in [3.05, 3.63) is 60.8 Å². The zero-order chi connectivity index (χ0) is 39.3. The highest BCUT2D eigenvalue weighted by molar-refractivity contribution is 7.47. The maximum absolute atomic E-state index is 12.8. The SMILES string of the molecule is CC/C=C\C/C=C\C/C=C\CCCCCC(=O)NC(COP(=O)(O)OCC[N+](C)(C)C)C(O)/C=C/CC/C=C/CCCCCCCCCCCCCC. The summed E-state index contributed by atoms with van der Waals surface area (Å²) in [4.78, 5) is 23.0. The molecule has 53 heavy (non-hydrogen) atoms. The number of hydrogen-bond acceptors (Lipinski definition) is 5. The Morgan fingerprint density at radius 2 is 1.15 bits per heavy atom. The maximum atomic E-state index is 12.8. The predicted octanol–water partition coefficient (Wildman–Crippen LogP) is 11.5. The van der Waals surface area contributed by atoms with Crippen LogP contribution >= 0.6 is 7.82 Å². The minimum Gasteiger partial charge on any atom is -0.387 e. The topological polar surface area (TPSA) is 105 Å². The van der Waals surface area contributed by atoms with Crippen LogP contribution < -0.4 is 5.32 Å². The molecule has 9 heteroatoms. The van der Waals surface area contributed by atoms with Crippen LogP contribution in [0.2, 0.25) is 0 Å². The van der Waals surface area contributed by atoms with Crippen molar-refractivity contribution in [2.45, 2.75) is 174 Å². The molecule has 0 radical (unpaired) electrons. The number of allylic oxidation sites excluding steroid dienone is 9. The van der Waals surface area contributed by atoms with Crippen LogP contribution in [0.15, 0.2) is 60.8 Å². The normalized spacial score (nSPS) is 15.1. The van der Waals surface area contributed by atoms with E-state index in [1.54, 1.807) is 6.08 Å². The second-order valence-electron chi connectivity index (χ2n) is 15.3. The van der Waals surface area contributed by atoms with Gasteiger partial charge >= 0.3 is 7.82 Å². The summed E-state index contributed by atoms with van der Waals surface area (Å²) in [6.07, 6.45) is 45.8. The monoisotopic (exact) mass is 766 g/mol. The summed E-state index contributed by atoms with van der Waals surface area (Å²) in [7, 11) is 1.52. The van der Waals surface area contributed by atoms with Crippen LogP contribution in [0.25, 0.3) is 0 Å². The highest BCUT2D eigenvalue weighted by Crippen LogP contribution is 2.43. The average Bonchev–Trinajstić information content (AvgIpc) is 3.10. The van der Waals surface area contributed by atoms with Gasteiger partial charge in [0.25, 0.3) is 0 Å². The summed E-state index contributed by atoms with van der Waals surface area (Å²) >= 11 is 0. The van der Waals surface area contributed by atoms with Crippen LogP contribution in [0.1, 0.15) is 162 Å². The summed E-state index contributed by atoms with van der Waals surface area (Å²) in [5.41, 5.74) is 0. The lowest BCUT2D eigenvalue weighted by atomic mass is 10.0. The van der Waals surface area contributed by atoms with Gasteiger partial charge in [-0.3, -0.25) is 13.8 Å². The predicted molar refractivity (Wildman–Crippen MR) is 226 cm³/mol. The first kappa shape index (κ1) is 51.2. The summed E-state index contributed by atoms with van der Waals surface area (Å²) in [5.74, 6) is -0.219. The summed E-state index contributed by atoms with van der Waals surface area (Å²) in [6, 6.07) is -0.879. The number of phosphoric acid groups is 1. The van der Waals surface area contributed by atoms with Crippen LogP contribution in [0.4, 0.5) is 0 Å². The van der Waals surface area contributed by atoms with E-state index in [0.29, 0.717) is 17.4 Å². The van der Waals surface area contributed by atoms with E-state index < -0.39 is 20.0 Å². The van der Waals surface area contributed by atoms with Crippen molar-refractivity contribution in [2.24, 2.45) is 0 Å². The van der Waals surface area contributed by atoms with Crippen LogP contribution in [0.5, 0.6) is 0 Å². The van der Waals surface area contributed by atoms with Crippen molar-refractivity contribution in [3.63, 3.8) is 0 Å². The Morgan fingerprint density at radius 1 is 0.660 bits per heavy atom. The van der Waals surface area contributed by atoms with E-state index in [2.05, 4.69) is 67.8 Å². The summed E-state index contributed by atoms with van der Waals surface area (Å²) < 4.78 is 23.5. The second kappa shape index (κ2) is 35.9. The molecule has 0 aromatic heterocycles. The zero-order valence-electron chi connectivity index (χ0n) is 34.7. The van der Waals surface area contributed by atoms with Crippen molar-refractivity contribution in [3.8, 4) is 0 Å². The number of carbonyl (C=O) groups excluding carboxylic acids is 1. The van der Waals surface area contributed by atoms with E-state index in [4.69, 9.17) is 9.05 Å². The van der Waals surface area contributed by atoms with Crippen molar-refractivity contribution < 1.29 is 32.9 Å². The molecule has 8 nitrogen and oxygen atoms in total. The number of nitrogens with one attached hydrogen (secondary N) is 1. The molecule has 1 amide bonds. The van der Waals surface area contributed by atoms with Crippen LogP contribution in [-0.4, -0.2) is 73.4 Å². The number of aliphatic hydroxyl groups excluding tert-OH is 1. The third kappa shape index (κ3) is 38.3. The maximum Gasteiger partial charge on any atom is 0.472 e. The molecule has 0 aromatic rings. The number of carbonyl (C=O) groups is 1. The smallest absolute Gasteiger partial charge is 0.387 e. The van der Waals surface area contributed by atoms with Gasteiger partial charge in [0.1, 0.15) is 13.2 Å². The number of quaternary nitrogens is 1. The van der Waals surface area contributed by atoms with E-state index in [0.717, 1.165) is 64.2 Å². The van der Waals surface area contributed by atoms with Gasteiger partial charge in [-0.25, -0.2) is 4.57 Å². The van der Waals surface area contributed by atoms with Crippen molar-refractivity contribution >= 4 is 13.7 Å². The first-order chi connectivity index (χ1) is 25.5.